The molecular weight excluding hydrogens is 588 g/mol. The maximum atomic E-state index is 13.3. The van der Waals surface area contributed by atoms with Crippen LogP contribution >= 0.6 is 0 Å². The summed E-state index contributed by atoms with van der Waals surface area (Å²) < 4.78 is 17.5. The van der Waals surface area contributed by atoms with E-state index in [0.29, 0.717) is 59.8 Å². The van der Waals surface area contributed by atoms with Gasteiger partial charge < -0.3 is 24.4 Å². The molecule has 10 atom stereocenters. The van der Waals surface area contributed by atoms with Gasteiger partial charge in [0.1, 0.15) is 6.10 Å². The molecule has 1 aromatic carbocycles. The summed E-state index contributed by atoms with van der Waals surface area (Å²) in [5, 5.41) is 23.2. The Morgan fingerprint density at radius 3 is 2.26 bits per heavy atom. The second-order valence-electron chi connectivity index (χ2n) is 16.5. The quantitative estimate of drug-likeness (QED) is 0.205. The van der Waals surface area contributed by atoms with E-state index >= 15 is 0 Å². The van der Waals surface area contributed by atoms with Crippen LogP contribution in [-0.2, 0) is 9.53 Å². The molecule has 0 heterocycles. The molecule has 0 spiro atoms. The molecule has 0 saturated heterocycles. The van der Waals surface area contributed by atoms with Crippen molar-refractivity contribution in [2.75, 3.05) is 14.2 Å². The molecule has 47 heavy (non-hydrogen) atoms. The number of fused-ring (bicyclic) bond motifs is 5. The van der Waals surface area contributed by atoms with Crippen molar-refractivity contribution < 1.29 is 29.2 Å². The molecule has 5 rings (SSSR count). The summed E-state index contributed by atoms with van der Waals surface area (Å²) >= 11 is 0. The molecule has 0 radical (unpaired) electrons. The number of benzene rings is 1. The first-order valence-electron chi connectivity index (χ1n) is 17.9. The lowest BCUT2D eigenvalue weighted by Crippen LogP contribution is -2.65. The highest BCUT2D eigenvalue weighted by Gasteiger charge is 2.70. The summed E-state index contributed by atoms with van der Waals surface area (Å²) in [4.78, 5) is 13.3. The third kappa shape index (κ3) is 5.74. The number of methoxy groups -OCH3 is 2. The van der Waals surface area contributed by atoms with Crippen molar-refractivity contribution in [2.45, 2.75) is 119 Å². The zero-order valence-corrected chi connectivity index (χ0v) is 30.7. The summed E-state index contributed by atoms with van der Waals surface area (Å²) in [7, 11) is 3.25. The zero-order valence-electron chi connectivity index (χ0n) is 30.7. The van der Waals surface area contributed by atoms with E-state index in [-0.39, 0.29) is 34.2 Å². The molecule has 4 fully saturated rings. The average Bonchev–Trinajstić information content (AvgIpc) is 3.27. The Morgan fingerprint density at radius 2 is 1.66 bits per heavy atom. The fourth-order valence-electron chi connectivity index (χ4n) is 11.5. The number of hydrogen-bond acceptors (Lipinski definition) is 5. The Labute approximate surface area is 283 Å². The van der Waals surface area contributed by atoms with Crippen LogP contribution in [0.2, 0.25) is 0 Å². The fraction of sp³-hybridized carbons (Fsp3) is 0.683. The van der Waals surface area contributed by atoms with Gasteiger partial charge >= 0.3 is 5.97 Å². The van der Waals surface area contributed by atoms with E-state index in [2.05, 4.69) is 55.0 Å². The fourth-order valence-corrected chi connectivity index (χ4v) is 11.5. The summed E-state index contributed by atoms with van der Waals surface area (Å²) in [5.74, 6) is 3.05. The Hall–Kier alpha value is -2.73. The summed E-state index contributed by atoms with van der Waals surface area (Å²) in [6.07, 6.45) is 5.96. The number of rotatable bonds is 9. The van der Waals surface area contributed by atoms with Crippen LogP contribution in [0.1, 0.15) is 112 Å². The number of aliphatic hydroxyl groups excluding tert-OH is 1. The molecule has 0 amide bonds. The highest BCUT2D eigenvalue weighted by Crippen LogP contribution is 2.74. The molecule has 4 aliphatic rings. The van der Waals surface area contributed by atoms with E-state index in [9.17, 15) is 15.0 Å². The molecule has 4 aliphatic carbocycles. The summed E-state index contributed by atoms with van der Waals surface area (Å²) in [5.41, 5.74) is 4.22. The molecule has 2 N–H and O–H groups in total. The maximum Gasteiger partial charge on any atom is 0.331 e. The number of allylic oxidation sites excluding steroid dienone is 3. The first kappa shape index (κ1) is 35.6. The summed E-state index contributed by atoms with van der Waals surface area (Å²) in [6.45, 7) is 22.2. The molecule has 6 nitrogen and oxygen atoms in total. The Morgan fingerprint density at radius 1 is 0.979 bits per heavy atom. The van der Waals surface area contributed by atoms with Crippen LogP contribution in [0.15, 0.2) is 47.3 Å². The minimum absolute atomic E-state index is 0.0664. The van der Waals surface area contributed by atoms with Crippen molar-refractivity contribution >= 4 is 11.5 Å². The monoisotopic (exact) mass is 648 g/mol. The van der Waals surface area contributed by atoms with Crippen LogP contribution < -0.4 is 9.47 Å². The highest BCUT2D eigenvalue weighted by molar-refractivity contribution is 5.88. The van der Waals surface area contributed by atoms with Gasteiger partial charge in [-0.3, -0.25) is 0 Å². The second-order valence-corrected chi connectivity index (χ2v) is 16.5. The van der Waals surface area contributed by atoms with Crippen molar-refractivity contribution in [2.24, 2.45) is 45.8 Å². The highest BCUT2D eigenvalue weighted by atomic mass is 16.5. The predicted molar refractivity (Wildman–Crippen MR) is 188 cm³/mol. The number of aliphatic carboxylic acids is 1. The van der Waals surface area contributed by atoms with Gasteiger partial charge in [0.2, 0.25) is 0 Å². The zero-order chi connectivity index (χ0) is 34.6. The normalized spacial score (nSPS) is 38.7. The van der Waals surface area contributed by atoms with Crippen molar-refractivity contribution in [3.05, 3.63) is 52.8 Å². The van der Waals surface area contributed by atoms with Gasteiger partial charge in [0, 0.05) is 5.57 Å². The predicted octanol–water partition coefficient (Wildman–Crippen LogP) is 9.47. The molecule has 260 valence electrons. The topological polar surface area (TPSA) is 85.2 Å². The third-order valence-corrected chi connectivity index (χ3v) is 14.1. The molecule has 0 aliphatic heterocycles. The van der Waals surface area contributed by atoms with Gasteiger partial charge in [0.25, 0.3) is 0 Å². The van der Waals surface area contributed by atoms with E-state index in [1.165, 1.54) is 6.42 Å². The van der Waals surface area contributed by atoms with E-state index in [1.54, 1.807) is 14.2 Å². The SMILES string of the molecule is C=C(C)OC1C[C@@]2(C)[C@@H](C[C@@H](O)[C@H]3[C@@]4(C)CC[C@@H](C)[C@H](C)[C@@H]4CC[C@@]32C)/C1=C(/CCC(=C(C)C)c1ccc(OC)c(OC)c1)C(=O)O. The minimum atomic E-state index is -0.896. The maximum absolute atomic E-state index is 13.3. The van der Waals surface area contributed by atoms with Crippen LogP contribution in [0, 0.1) is 45.8 Å². The Balaban J connectivity index is 1.57. The Bertz CT molecular complexity index is 1450. The summed E-state index contributed by atoms with van der Waals surface area (Å²) in [6, 6.07) is 5.88. The molecule has 1 unspecified atom stereocenters. The number of ether oxygens (including phenoxy) is 3. The minimum Gasteiger partial charge on any atom is -0.493 e. The van der Waals surface area contributed by atoms with Gasteiger partial charge in [-0.05, 0) is 147 Å². The first-order chi connectivity index (χ1) is 22.0. The van der Waals surface area contributed by atoms with Crippen molar-refractivity contribution in [3.63, 3.8) is 0 Å². The van der Waals surface area contributed by atoms with Crippen LogP contribution in [-0.4, -0.2) is 42.6 Å². The van der Waals surface area contributed by atoms with Crippen LogP contribution in [0.25, 0.3) is 5.57 Å². The molecule has 0 bridgehead atoms. The second kappa shape index (κ2) is 12.9. The lowest BCUT2D eigenvalue weighted by atomic mass is 9.36. The third-order valence-electron chi connectivity index (χ3n) is 14.1. The number of hydrogen-bond donors (Lipinski definition) is 2. The van der Waals surface area contributed by atoms with Crippen molar-refractivity contribution in [1.82, 2.24) is 0 Å². The smallest absolute Gasteiger partial charge is 0.331 e. The number of carboxylic acid groups (broad SMARTS) is 1. The largest absolute Gasteiger partial charge is 0.493 e. The van der Waals surface area contributed by atoms with E-state index in [4.69, 9.17) is 14.2 Å². The van der Waals surface area contributed by atoms with Gasteiger partial charge in [0.05, 0.1) is 26.1 Å². The lowest BCUT2D eigenvalue weighted by Gasteiger charge is -2.69. The lowest BCUT2D eigenvalue weighted by molar-refractivity contribution is -0.229. The average molecular weight is 649 g/mol. The van der Waals surface area contributed by atoms with Gasteiger partial charge in [-0.25, -0.2) is 4.79 Å². The standard InChI is InChI=1S/C41H60O6/c1-23(2)28(27-12-15-33(45-10)34(20-27)46-11)13-14-29(38(43)44)36-31-21-32(42)37-39(7)18-16-25(5)26(6)30(39)17-19-40(37,8)41(31,9)22-35(36)47-24(3)4/h12,15,20,25-26,30-32,35,37,42H,3,13-14,16-19,21-22H2,1-2,4-11H3,(H,43,44)/b36-29+/t25-,26+,30+,31+,32-,35?,37+,39+,40+,41+/m1/s1. The number of carbonyl (C=O) groups is 1. The van der Waals surface area contributed by atoms with Crippen LogP contribution in [0.3, 0.4) is 0 Å². The number of carboxylic acids is 1. The van der Waals surface area contributed by atoms with E-state index in [0.717, 1.165) is 48.0 Å². The van der Waals surface area contributed by atoms with E-state index in [1.807, 2.05) is 25.1 Å². The first-order valence-corrected chi connectivity index (χ1v) is 17.9. The van der Waals surface area contributed by atoms with Gasteiger partial charge in [-0.15, -0.1) is 0 Å². The molecule has 0 aromatic heterocycles. The van der Waals surface area contributed by atoms with Crippen LogP contribution in [0.4, 0.5) is 0 Å². The van der Waals surface area contributed by atoms with Crippen molar-refractivity contribution in [1.29, 1.82) is 0 Å². The van der Waals surface area contributed by atoms with Crippen molar-refractivity contribution in [3.8, 4) is 11.5 Å². The Kier molecular flexibility index (Phi) is 9.80. The molecule has 4 saturated carbocycles. The number of aliphatic hydroxyl groups is 1. The molecule has 6 heteroatoms. The molecule has 1 aromatic rings. The van der Waals surface area contributed by atoms with E-state index < -0.39 is 12.1 Å². The van der Waals surface area contributed by atoms with Gasteiger partial charge in [-0.2, -0.15) is 0 Å². The van der Waals surface area contributed by atoms with Gasteiger partial charge in [0.15, 0.2) is 11.5 Å². The van der Waals surface area contributed by atoms with Gasteiger partial charge in [-0.1, -0.05) is 52.8 Å². The molecular formula is C41H60O6. The van der Waals surface area contributed by atoms with Crippen LogP contribution in [0.5, 0.6) is 11.5 Å².